The van der Waals surface area contributed by atoms with Crippen molar-refractivity contribution < 1.29 is 4.79 Å². The van der Waals surface area contributed by atoms with Crippen molar-refractivity contribution in [2.75, 3.05) is 17.0 Å². The standard InChI is InChI=1S/C18H17BrN6OS/c1-12(13-7-9-15(19)10-8-13)21-22-17-23-24-18(25(17)20)27-11-16(26)14-5-3-2-4-6-14/h2-10H,11,20H2,1H3,(H,22,23)/b21-12+. The summed E-state index contributed by atoms with van der Waals surface area (Å²) in [6.07, 6.45) is 0. The molecule has 3 rings (SSSR count). The van der Waals surface area contributed by atoms with Crippen molar-refractivity contribution in [2.24, 2.45) is 5.10 Å². The molecule has 2 aromatic carbocycles. The number of halogens is 1. The summed E-state index contributed by atoms with van der Waals surface area (Å²) in [7, 11) is 0. The van der Waals surface area contributed by atoms with Gasteiger partial charge in [0.1, 0.15) is 0 Å². The third-order valence-corrected chi connectivity index (χ3v) is 5.15. The minimum absolute atomic E-state index is 0.00205. The molecule has 0 spiro atoms. The molecule has 0 radical (unpaired) electrons. The van der Waals surface area contributed by atoms with Crippen LogP contribution in [0.25, 0.3) is 0 Å². The first-order chi connectivity index (χ1) is 13.0. The summed E-state index contributed by atoms with van der Waals surface area (Å²) in [4.78, 5) is 12.2. The molecule has 0 saturated carbocycles. The van der Waals surface area contributed by atoms with Gasteiger partial charge >= 0.3 is 0 Å². The number of hydrazone groups is 1. The Bertz CT molecular complexity index is 956. The number of thioether (sulfide) groups is 1. The van der Waals surface area contributed by atoms with E-state index in [4.69, 9.17) is 5.84 Å². The highest BCUT2D eigenvalue weighted by Gasteiger charge is 2.13. The first-order valence-electron chi connectivity index (χ1n) is 8.02. The maximum absolute atomic E-state index is 12.2. The molecule has 7 nitrogen and oxygen atoms in total. The van der Waals surface area contributed by atoms with Crippen molar-refractivity contribution in [3.8, 4) is 0 Å². The number of hydrogen-bond acceptors (Lipinski definition) is 7. The number of anilines is 1. The number of carbonyl (C=O) groups excluding carboxylic acids is 1. The van der Waals surface area contributed by atoms with Gasteiger partial charge in [-0.2, -0.15) is 5.10 Å². The van der Waals surface area contributed by atoms with E-state index in [9.17, 15) is 4.79 Å². The second kappa shape index (κ2) is 8.83. The fraction of sp³-hybridized carbons (Fsp3) is 0.111. The molecule has 0 bridgehead atoms. The minimum Gasteiger partial charge on any atom is -0.334 e. The van der Waals surface area contributed by atoms with Crippen molar-refractivity contribution in [3.05, 3.63) is 70.2 Å². The van der Waals surface area contributed by atoms with Crippen LogP contribution in [0, 0.1) is 0 Å². The van der Waals surface area contributed by atoms with E-state index in [2.05, 4.69) is 36.7 Å². The number of ketones is 1. The summed E-state index contributed by atoms with van der Waals surface area (Å²) in [5, 5.41) is 12.7. The first kappa shape index (κ1) is 19.1. The molecule has 3 aromatic rings. The van der Waals surface area contributed by atoms with Crippen LogP contribution >= 0.6 is 27.7 Å². The van der Waals surface area contributed by atoms with Crippen LogP contribution in [0.3, 0.4) is 0 Å². The average Bonchev–Trinajstić information content (AvgIpc) is 3.05. The molecule has 0 amide bonds. The van der Waals surface area contributed by atoms with Gasteiger partial charge in [-0.15, -0.1) is 10.2 Å². The molecule has 9 heteroatoms. The van der Waals surface area contributed by atoms with Crippen molar-refractivity contribution in [1.82, 2.24) is 14.9 Å². The lowest BCUT2D eigenvalue weighted by Crippen LogP contribution is -2.14. The molecule has 0 aliphatic heterocycles. The van der Waals surface area contributed by atoms with E-state index >= 15 is 0 Å². The van der Waals surface area contributed by atoms with Gasteiger partial charge in [-0.05, 0) is 24.6 Å². The molecule has 0 atom stereocenters. The van der Waals surface area contributed by atoms with Crippen molar-refractivity contribution in [1.29, 1.82) is 0 Å². The molecule has 0 aliphatic carbocycles. The zero-order valence-corrected chi connectivity index (χ0v) is 16.9. The second-order valence-corrected chi connectivity index (χ2v) is 7.43. The fourth-order valence-electron chi connectivity index (χ4n) is 2.18. The van der Waals surface area contributed by atoms with Crippen LogP contribution in [0.15, 0.2) is 69.3 Å². The number of nitrogens with two attached hydrogens (primary N) is 1. The Balaban J connectivity index is 1.62. The molecule has 3 N–H and O–H groups in total. The second-order valence-electron chi connectivity index (χ2n) is 5.57. The number of rotatable bonds is 7. The predicted molar refractivity (Wildman–Crippen MR) is 112 cm³/mol. The van der Waals surface area contributed by atoms with Crippen LogP contribution in [0.1, 0.15) is 22.8 Å². The smallest absolute Gasteiger partial charge is 0.264 e. The van der Waals surface area contributed by atoms with Gasteiger partial charge < -0.3 is 5.84 Å². The zero-order valence-electron chi connectivity index (χ0n) is 14.5. The van der Waals surface area contributed by atoms with Crippen molar-refractivity contribution >= 4 is 45.1 Å². The number of nitrogen functional groups attached to an aromatic ring is 1. The van der Waals surface area contributed by atoms with E-state index in [-0.39, 0.29) is 11.5 Å². The molecule has 0 fully saturated rings. The van der Waals surface area contributed by atoms with Gasteiger partial charge in [0.15, 0.2) is 5.78 Å². The quantitative estimate of drug-likeness (QED) is 0.190. The Kier molecular flexibility index (Phi) is 6.25. The Hall–Kier alpha value is -2.65. The molecular weight excluding hydrogens is 428 g/mol. The van der Waals surface area contributed by atoms with Crippen LogP contribution in [0.4, 0.5) is 5.95 Å². The Morgan fingerprint density at radius 1 is 1.15 bits per heavy atom. The number of aromatic nitrogens is 3. The molecule has 0 aliphatic rings. The summed E-state index contributed by atoms with van der Waals surface area (Å²) in [5.41, 5.74) is 5.21. The van der Waals surface area contributed by atoms with Gasteiger partial charge in [-0.3, -0.25) is 4.79 Å². The normalized spacial score (nSPS) is 11.4. The maximum atomic E-state index is 12.2. The molecule has 138 valence electrons. The lowest BCUT2D eigenvalue weighted by Gasteiger charge is -2.04. The van der Waals surface area contributed by atoms with Crippen LogP contribution in [0.5, 0.6) is 0 Å². The van der Waals surface area contributed by atoms with Crippen molar-refractivity contribution in [3.63, 3.8) is 0 Å². The van der Waals surface area contributed by atoms with Gasteiger partial charge in [-0.25, -0.2) is 10.1 Å². The number of nitrogens with zero attached hydrogens (tertiary/aromatic N) is 4. The number of carbonyl (C=O) groups is 1. The summed E-state index contributed by atoms with van der Waals surface area (Å²) in [6.45, 7) is 1.88. The molecule has 27 heavy (non-hydrogen) atoms. The van der Waals surface area contributed by atoms with Crippen LogP contribution in [0.2, 0.25) is 0 Å². The number of hydrogen-bond donors (Lipinski definition) is 2. The Morgan fingerprint density at radius 3 is 2.56 bits per heavy atom. The van der Waals surface area contributed by atoms with Gasteiger partial charge in [0, 0.05) is 10.0 Å². The third kappa shape index (κ3) is 4.95. The average molecular weight is 445 g/mol. The summed E-state index contributed by atoms with van der Waals surface area (Å²) >= 11 is 4.63. The third-order valence-electron chi connectivity index (χ3n) is 3.68. The fourth-order valence-corrected chi connectivity index (χ4v) is 3.19. The van der Waals surface area contributed by atoms with Crippen LogP contribution in [-0.4, -0.2) is 32.1 Å². The number of nitrogens with one attached hydrogen (secondary N) is 1. The highest BCUT2D eigenvalue weighted by Crippen LogP contribution is 2.18. The van der Waals surface area contributed by atoms with Crippen LogP contribution in [-0.2, 0) is 0 Å². The molecule has 1 aromatic heterocycles. The topological polar surface area (TPSA) is 98.2 Å². The molecule has 0 unspecified atom stereocenters. The summed E-state index contributed by atoms with van der Waals surface area (Å²) in [5.74, 6) is 6.51. The van der Waals surface area contributed by atoms with E-state index in [1.807, 2.05) is 49.4 Å². The van der Waals surface area contributed by atoms with E-state index < -0.39 is 0 Å². The van der Waals surface area contributed by atoms with E-state index in [0.717, 1.165) is 15.7 Å². The maximum Gasteiger partial charge on any atom is 0.264 e. The molecular formula is C18H17BrN6OS. The lowest BCUT2D eigenvalue weighted by atomic mass is 10.1. The first-order valence-corrected chi connectivity index (χ1v) is 9.80. The van der Waals surface area contributed by atoms with E-state index in [1.165, 1.54) is 16.4 Å². The largest absolute Gasteiger partial charge is 0.334 e. The predicted octanol–water partition coefficient (Wildman–Crippen LogP) is 3.57. The summed E-state index contributed by atoms with van der Waals surface area (Å²) < 4.78 is 2.28. The van der Waals surface area contributed by atoms with Gasteiger partial charge in [0.25, 0.3) is 5.95 Å². The van der Waals surface area contributed by atoms with E-state index in [1.54, 1.807) is 12.1 Å². The number of Topliss-reactive ketones (excluding diaryl/α,β-unsaturated/α-hetero) is 1. The van der Waals surface area contributed by atoms with Gasteiger partial charge in [0.2, 0.25) is 5.16 Å². The molecule has 1 heterocycles. The number of benzene rings is 2. The highest BCUT2D eigenvalue weighted by molar-refractivity contribution is 9.10. The van der Waals surface area contributed by atoms with Gasteiger partial charge in [0.05, 0.1) is 11.5 Å². The SMILES string of the molecule is C/C(=N\Nc1nnc(SCC(=O)c2ccccc2)n1N)c1ccc(Br)cc1. The Morgan fingerprint density at radius 2 is 1.85 bits per heavy atom. The summed E-state index contributed by atoms with van der Waals surface area (Å²) in [6, 6.07) is 16.9. The van der Waals surface area contributed by atoms with Gasteiger partial charge in [-0.1, -0.05) is 70.2 Å². The lowest BCUT2D eigenvalue weighted by molar-refractivity contribution is 0.102. The van der Waals surface area contributed by atoms with Crippen LogP contribution < -0.4 is 11.3 Å². The minimum atomic E-state index is 0.00205. The van der Waals surface area contributed by atoms with E-state index in [0.29, 0.717) is 16.7 Å². The Labute approximate surface area is 169 Å². The monoisotopic (exact) mass is 444 g/mol. The highest BCUT2D eigenvalue weighted by atomic mass is 79.9. The zero-order chi connectivity index (χ0) is 19.2. The van der Waals surface area contributed by atoms with Crippen molar-refractivity contribution in [2.45, 2.75) is 12.1 Å². The molecule has 0 saturated heterocycles.